The predicted molar refractivity (Wildman–Crippen MR) is 143 cm³/mol. The summed E-state index contributed by atoms with van der Waals surface area (Å²) in [6.45, 7) is 3.44. The second kappa shape index (κ2) is 10.8. The van der Waals surface area contributed by atoms with Gasteiger partial charge in [0.25, 0.3) is 5.56 Å². The minimum absolute atomic E-state index is 0.0273. The van der Waals surface area contributed by atoms with Gasteiger partial charge in [0.2, 0.25) is 5.91 Å². The third-order valence-corrected chi connectivity index (χ3v) is 7.55. The van der Waals surface area contributed by atoms with Gasteiger partial charge in [0.15, 0.2) is 0 Å². The number of hydrogen-bond acceptors (Lipinski definition) is 5. The number of benzene rings is 2. The van der Waals surface area contributed by atoms with Gasteiger partial charge in [-0.25, -0.2) is 0 Å². The van der Waals surface area contributed by atoms with Crippen LogP contribution in [-0.2, 0) is 23.1 Å². The van der Waals surface area contributed by atoms with Gasteiger partial charge in [0, 0.05) is 57.8 Å². The molecule has 2 aromatic carbocycles. The minimum atomic E-state index is -0.180. The molecule has 2 aliphatic rings. The fraction of sp³-hybridized carbons (Fsp3) is 0.448. The van der Waals surface area contributed by atoms with Crippen LogP contribution in [0.3, 0.4) is 0 Å². The molecule has 0 spiro atoms. The maximum absolute atomic E-state index is 14.1. The Morgan fingerprint density at radius 3 is 2.78 bits per heavy atom. The molecule has 0 radical (unpaired) electrons. The van der Waals surface area contributed by atoms with Crippen molar-refractivity contribution in [2.45, 2.75) is 37.8 Å². The number of hydrogen-bond donors (Lipinski definition) is 2. The maximum atomic E-state index is 14.1. The van der Waals surface area contributed by atoms with Crippen LogP contribution < -0.4 is 16.2 Å². The normalized spacial score (nSPS) is 19.8. The molecule has 1 saturated carbocycles. The number of rotatable bonds is 9. The molecule has 0 bridgehead atoms. The van der Waals surface area contributed by atoms with Gasteiger partial charge in [-0.2, -0.15) is 0 Å². The highest BCUT2D eigenvalue weighted by Crippen LogP contribution is 2.37. The van der Waals surface area contributed by atoms with Crippen molar-refractivity contribution in [1.82, 2.24) is 14.8 Å². The molecule has 1 aromatic heterocycles. The van der Waals surface area contributed by atoms with Crippen LogP contribution in [0.4, 0.5) is 5.69 Å². The molecule has 7 heteroatoms. The number of aromatic nitrogens is 1. The number of fused-ring (bicyclic) bond motifs is 1. The van der Waals surface area contributed by atoms with Crippen LogP contribution in [-0.4, -0.2) is 54.8 Å². The SMILES string of the molecule is COCCNc1cc(CN(C(=O)[C@H]2CNCC[C@@H]2c2ccn(C)c(=O)c2)C2CC2)c2ccccc2c1. The number of methoxy groups -OCH3 is 1. The standard InChI is InChI=1S/C29H36N4O3/c1-32-13-10-21(17-28(32)34)26-9-11-30-18-27(26)29(35)33(24-7-8-24)19-22-16-23(31-12-14-36-2)15-20-5-3-4-6-25(20)22/h3-6,10,13,15-17,24,26-27,30-31H,7-9,11-12,14,18-19H2,1-2H3/t26-,27+/m1/s1. The summed E-state index contributed by atoms with van der Waals surface area (Å²) >= 11 is 0. The monoisotopic (exact) mass is 488 g/mol. The van der Waals surface area contributed by atoms with Crippen LogP contribution in [0, 0.1) is 5.92 Å². The van der Waals surface area contributed by atoms with E-state index >= 15 is 0 Å². The lowest BCUT2D eigenvalue weighted by Gasteiger charge is -2.36. The van der Waals surface area contributed by atoms with Gasteiger partial charge in [-0.3, -0.25) is 9.59 Å². The van der Waals surface area contributed by atoms with E-state index in [0.29, 0.717) is 19.7 Å². The number of piperidine rings is 1. The Labute approximate surface area is 212 Å². The fourth-order valence-corrected chi connectivity index (χ4v) is 5.40. The number of amides is 1. The first-order valence-electron chi connectivity index (χ1n) is 13.0. The summed E-state index contributed by atoms with van der Waals surface area (Å²) in [5.74, 6) is 0.0608. The number of nitrogens with zero attached hydrogens (tertiary/aromatic N) is 2. The molecule has 2 heterocycles. The van der Waals surface area contributed by atoms with Crippen molar-refractivity contribution in [3.63, 3.8) is 0 Å². The molecule has 7 nitrogen and oxygen atoms in total. The van der Waals surface area contributed by atoms with E-state index in [-0.39, 0.29) is 29.3 Å². The van der Waals surface area contributed by atoms with E-state index in [1.807, 2.05) is 12.3 Å². The van der Waals surface area contributed by atoms with E-state index in [2.05, 4.69) is 51.9 Å². The molecule has 1 aliphatic carbocycles. The van der Waals surface area contributed by atoms with Gasteiger partial charge < -0.3 is 24.8 Å². The summed E-state index contributed by atoms with van der Waals surface area (Å²) in [5, 5.41) is 9.23. The molecule has 190 valence electrons. The van der Waals surface area contributed by atoms with Crippen LogP contribution in [0.15, 0.2) is 59.5 Å². The third-order valence-electron chi connectivity index (χ3n) is 7.55. The minimum Gasteiger partial charge on any atom is -0.383 e. The summed E-state index contributed by atoms with van der Waals surface area (Å²) in [6, 6.07) is 16.7. The van der Waals surface area contributed by atoms with E-state index in [1.165, 1.54) is 5.39 Å². The molecule has 2 N–H and O–H groups in total. The van der Waals surface area contributed by atoms with E-state index < -0.39 is 0 Å². The van der Waals surface area contributed by atoms with Crippen LogP contribution in [0.1, 0.15) is 36.3 Å². The largest absolute Gasteiger partial charge is 0.383 e. The average molecular weight is 489 g/mol. The number of nitrogens with one attached hydrogen (secondary N) is 2. The first-order chi connectivity index (χ1) is 17.5. The Morgan fingerprint density at radius 1 is 1.17 bits per heavy atom. The first kappa shape index (κ1) is 24.5. The molecular weight excluding hydrogens is 452 g/mol. The van der Waals surface area contributed by atoms with E-state index in [9.17, 15) is 9.59 Å². The Balaban J connectivity index is 1.44. The summed E-state index contributed by atoms with van der Waals surface area (Å²) in [7, 11) is 3.46. The second-order valence-corrected chi connectivity index (χ2v) is 10.1. The lowest BCUT2D eigenvalue weighted by atomic mass is 9.80. The number of aryl methyl sites for hydroxylation is 1. The van der Waals surface area contributed by atoms with Gasteiger partial charge >= 0.3 is 0 Å². The van der Waals surface area contributed by atoms with Crippen molar-refractivity contribution in [3.8, 4) is 0 Å². The molecule has 3 aromatic rings. The van der Waals surface area contributed by atoms with Crippen LogP contribution in [0.25, 0.3) is 10.8 Å². The molecule has 1 amide bonds. The highest BCUT2D eigenvalue weighted by Gasteiger charge is 2.40. The Morgan fingerprint density at radius 2 is 2.00 bits per heavy atom. The van der Waals surface area contributed by atoms with Crippen molar-refractivity contribution >= 4 is 22.4 Å². The van der Waals surface area contributed by atoms with Gasteiger partial charge in [-0.1, -0.05) is 24.3 Å². The van der Waals surface area contributed by atoms with Crippen LogP contribution in [0.5, 0.6) is 0 Å². The van der Waals surface area contributed by atoms with Crippen LogP contribution >= 0.6 is 0 Å². The number of carbonyl (C=O) groups is 1. The summed E-state index contributed by atoms with van der Waals surface area (Å²) in [6.07, 6.45) is 4.76. The molecule has 5 rings (SSSR count). The molecule has 2 fully saturated rings. The van der Waals surface area contributed by atoms with Gasteiger partial charge in [0.05, 0.1) is 12.5 Å². The molecule has 0 unspecified atom stereocenters. The zero-order chi connectivity index (χ0) is 25.1. The lowest BCUT2D eigenvalue weighted by molar-refractivity contribution is -0.138. The van der Waals surface area contributed by atoms with E-state index in [4.69, 9.17) is 4.74 Å². The highest BCUT2D eigenvalue weighted by atomic mass is 16.5. The molecule has 36 heavy (non-hydrogen) atoms. The Kier molecular flexibility index (Phi) is 7.39. The Hall–Kier alpha value is -3.16. The number of pyridine rings is 1. The summed E-state index contributed by atoms with van der Waals surface area (Å²) < 4.78 is 6.78. The molecule has 1 aliphatic heterocycles. The second-order valence-electron chi connectivity index (χ2n) is 10.1. The number of ether oxygens (including phenoxy) is 1. The van der Waals surface area contributed by atoms with Crippen molar-refractivity contribution in [2.24, 2.45) is 13.0 Å². The highest BCUT2D eigenvalue weighted by molar-refractivity contribution is 5.90. The zero-order valence-electron chi connectivity index (χ0n) is 21.2. The fourth-order valence-electron chi connectivity index (χ4n) is 5.40. The quantitative estimate of drug-likeness (QED) is 0.451. The zero-order valence-corrected chi connectivity index (χ0v) is 21.2. The number of anilines is 1. The first-order valence-corrected chi connectivity index (χ1v) is 13.0. The molecular formula is C29H36N4O3. The van der Waals surface area contributed by atoms with E-state index in [0.717, 1.165) is 54.6 Å². The van der Waals surface area contributed by atoms with Gasteiger partial charge in [0.1, 0.15) is 0 Å². The van der Waals surface area contributed by atoms with Crippen molar-refractivity contribution in [1.29, 1.82) is 0 Å². The summed E-state index contributed by atoms with van der Waals surface area (Å²) in [4.78, 5) is 28.6. The average Bonchev–Trinajstić information content (AvgIpc) is 3.74. The van der Waals surface area contributed by atoms with E-state index in [1.54, 1.807) is 24.8 Å². The molecule has 2 atom stereocenters. The van der Waals surface area contributed by atoms with Crippen LogP contribution in [0.2, 0.25) is 0 Å². The maximum Gasteiger partial charge on any atom is 0.250 e. The molecule has 1 saturated heterocycles. The predicted octanol–water partition coefficient (Wildman–Crippen LogP) is 3.48. The number of carbonyl (C=O) groups excluding carboxylic acids is 1. The van der Waals surface area contributed by atoms with Gasteiger partial charge in [-0.05, 0) is 71.8 Å². The van der Waals surface area contributed by atoms with Crippen molar-refractivity contribution < 1.29 is 9.53 Å². The third kappa shape index (κ3) is 5.32. The lowest BCUT2D eigenvalue weighted by Crippen LogP contribution is -2.47. The smallest absolute Gasteiger partial charge is 0.250 e. The topological polar surface area (TPSA) is 75.6 Å². The van der Waals surface area contributed by atoms with Crippen molar-refractivity contribution in [3.05, 3.63) is 76.2 Å². The summed E-state index contributed by atoms with van der Waals surface area (Å²) in [5.41, 5.74) is 3.15. The Bertz CT molecular complexity index is 1280. The van der Waals surface area contributed by atoms with Gasteiger partial charge in [-0.15, -0.1) is 0 Å². The van der Waals surface area contributed by atoms with Crippen molar-refractivity contribution in [2.75, 3.05) is 38.7 Å².